The van der Waals surface area contributed by atoms with Gasteiger partial charge >= 0.3 is 0 Å². The molecule has 0 aliphatic carbocycles. The van der Waals surface area contributed by atoms with Gasteiger partial charge in [0.1, 0.15) is 5.01 Å². The lowest BCUT2D eigenvalue weighted by Gasteiger charge is -2.05. The Hall–Kier alpha value is -2.96. The predicted molar refractivity (Wildman–Crippen MR) is 112 cm³/mol. The van der Waals surface area contributed by atoms with E-state index < -0.39 is 0 Å². The average Bonchev–Trinajstić information content (AvgIpc) is 3.35. The molecule has 0 unspecified atom stereocenters. The minimum absolute atomic E-state index is 0.702. The topological polar surface area (TPSA) is 51.0 Å². The van der Waals surface area contributed by atoms with E-state index in [1.807, 2.05) is 36.7 Å². The number of fused-ring (bicyclic) bond motifs is 1. The molecule has 0 saturated carbocycles. The lowest BCUT2D eigenvalue weighted by molar-refractivity contribution is 1.29. The summed E-state index contributed by atoms with van der Waals surface area (Å²) in [5.41, 5.74) is 3.39. The maximum Gasteiger partial charge on any atom is 0.125 e. The van der Waals surface area contributed by atoms with E-state index >= 15 is 0 Å². The van der Waals surface area contributed by atoms with Crippen molar-refractivity contribution in [2.45, 2.75) is 0 Å². The van der Waals surface area contributed by atoms with Crippen molar-refractivity contribution in [3.8, 4) is 21.1 Å². The summed E-state index contributed by atoms with van der Waals surface area (Å²) in [7, 11) is 0. The molecule has 4 aromatic heterocycles. The fourth-order valence-corrected chi connectivity index (χ4v) is 4.35. The molecule has 4 nitrogen and oxygen atoms in total. The van der Waals surface area contributed by atoms with Gasteiger partial charge in [-0.25, -0.2) is 9.97 Å². The fourth-order valence-electron chi connectivity index (χ4n) is 2.62. The molecule has 126 valence electrons. The summed E-state index contributed by atoms with van der Waals surface area (Å²) in [6, 6.07) is 8.05. The van der Waals surface area contributed by atoms with Crippen LogP contribution in [0.5, 0.6) is 0 Å². The normalized spacial score (nSPS) is 11.6. The lowest BCUT2D eigenvalue weighted by atomic mass is 10.1. The van der Waals surface area contributed by atoms with E-state index in [9.17, 15) is 0 Å². The highest BCUT2D eigenvalue weighted by Crippen LogP contribution is 2.37. The number of nitrogens with zero attached hydrogens (tertiary/aromatic N) is 4. The summed E-state index contributed by atoms with van der Waals surface area (Å²) < 4.78 is 1.15. The molecule has 0 spiro atoms. The molecule has 0 amide bonds. The molecule has 4 aromatic rings. The smallest absolute Gasteiger partial charge is 0.125 e. The van der Waals surface area contributed by atoms with E-state index in [0.717, 1.165) is 36.9 Å². The van der Waals surface area contributed by atoms with Crippen LogP contribution in [0.2, 0.25) is 0 Å². The van der Waals surface area contributed by atoms with E-state index in [2.05, 4.69) is 39.7 Å². The molecule has 4 rings (SSSR count). The SMILES string of the molecule is C=C/C=C(\N=C)c1cc2sccc2c(-c2cnc(-c3cccnc3)s2)n1. The van der Waals surface area contributed by atoms with E-state index in [4.69, 9.17) is 4.98 Å². The highest BCUT2D eigenvalue weighted by molar-refractivity contribution is 7.19. The summed E-state index contributed by atoms with van der Waals surface area (Å²) in [6.07, 6.45) is 8.95. The quantitative estimate of drug-likeness (QED) is 0.332. The number of hydrogen-bond acceptors (Lipinski definition) is 6. The molecular weight excluding hydrogens is 360 g/mol. The van der Waals surface area contributed by atoms with Crippen molar-refractivity contribution in [3.05, 3.63) is 72.7 Å². The van der Waals surface area contributed by atoms with E-state index in [0.29, 0.717) is 5.70 Å². The van der Waals surface area contributed by atoms with E-state index in [1.54, 1.807) is 34.9 Å². The van der Waals surface area contributed by atoms with Crippen LogP contribution in [0.3, 0.4) is 0 Å². The second kappa shape index (κ2) is 7.11. The van der Waals surface area contributed by atoms with Crippen LogP contribution >= 0.6 is 22.7 Å². The Bertz CT molecular complexity index is 1120. The molecule has 0 aliphatic rings. The Morgan fingerprint density at radius 1 is 1.23 bits per heavy atom. The molecular formula is C20H14N4S2. The lowest BCUT2D eigenvalue weighted by Crippen LogP contribution is -1.90. The maximum absolute atomic E-state index is 4.85. The van der Waals surface area contributed by atoms with E-state index in [-0.39, 0.29) is 0 Å². The van der Waals surface area contributed by atoms with Gasteiger partial charge in [-0.3, -0.25) is 9.98 Å². The van der Waals surface area contributed by atoms with Gasteiger partial charge in [-0.15, -0.1) is 22.7 Å². The van der Waals surface area contributed by atoms with Crippen LogP contribution < -0.4 is 0 Å². The number of allylic oxidation sites excluding steroid dienone is 2. The number of rotatable bonds is 5. The van der Waals surface area contributed by atoms with Crippen LogP contribution in [-0.2, 0) is 0 Å². The minimum atomic E-state index is 0.702. The highest BCUT2D eigenvalue weighted by atomic mass is 32.1. The van der Waals surface area contributed by atoms with Crippen molar-refractivity contribution in [2.75, 3.05) is 0 Å². The first-order valence-corrected chi connectivity index (χ1v) is 9.54. The second-order valence-corrected chi connectivity index (χ2v) is 7.38. The molecule has 0 fully saturated rings. The van der Waals surface area contributed by atoms with Crippen molar-refractivity contribution < 1.29 is 0 Å². The van der Waals surface area contributed by atoms with Crippen LogP contribution in [0.25, 0.3) is 36.9 Å². The molecule has 4 heterocycles. The molecule has 0 saturated heterocycles. The zero-order valence-corrected chi connectivity index (χ0v) is 15.4. The van der Waals surface area contributed by atoms with Gasteiger partial charge in [-0.05, 0) is 42.4 Å². The first kappa shape index (κ1) is 16.5. The summed E-state index contributed by atoms with van der Waals surface area (Å²) in [5, 5.41) is 4.11. The zero-order chi connectivity index (χ0) is 17.9. The third-order valence-electron chi connectivity index (χ3n) is 3.81. The number of aromatic nitrogens is 3. The van der Waals surface area contributed by atoms with Crippen LogP contribution in [0, 0.1) is 0 Å². The Labute approximate surface area is 159 Å². The predicted octanol–water partition coefficient (Wildman–Crippen LogP) is 5.71. The standard InChI is InChI=1S/C20H14N4S2/c1-3-5-15(21-2)16-10-17-14(7-9-25-17)19(24-16)18-12-23-20(26-18)13-6-4-8-22-11-13/h3-12H,1-2H2/b15-5-. The van der Waals surface area contributed by atoms with Crippen LogP contribution in [0.4, 0.5) is 0 Å². The van der Waals surface area contributed by atoms with Crippen molar-refractivity contribution in [3.63, 3.8) is 0 Å². The van der Waals surface area contributed by atoms with Gasteiger partial charge in [0.15, 0.2) is 0 Å². The van der Waals surface area contributed by atoms with Crippen LogP contribution in [0.15, 0.2) is 72.0 Å². The Balaban J connectivity index is 1.87. The first-order valence-electron chi connectivity index (χ1n) is 7.85. The average molecular weight is 374 g/mol. The molecule has 0 aliphatic heterocycles. The van der Waals surface area contributed by atoms with Gasteiger partial charge in [-0.1, -0.05) is 12.7 Å². The molecule has 26 heavy (non-hydrogen) atoms. The number of aliphatic imine (C=N–C) groups is 1. The molecule has 0 atom stereocenters. The number of thiophene rings is 1. The van der Waals surface area contributed by atoms with Gasteiger partial charge in [0.25, 0.3) is 0 Å². The Morgan fingerprint density at radius 2 is 2.15 bits per heavy atom. The monoisotopic (exact) mass is 374 g/mol. The zero-order valence-electron chi connectivity index (χ0n) is 13.8. The maximum atomic E-state index is 4.85. The Morgan fingerprint density at radius 3 is 2.92 bits per heavy atom. The first-order chi connectivity index (χ1) is 12.8. The van der Waals surface area contributed by atoms with Crippen LogP contribution in [-0.4, -0.2) is 21.7 Å². The van der Waals surface area contributed by atoms with Gasteiger partial charge in [0, 0.05) is 34.2 Å². The second-order valence-electron chi connectivity index (χ2n) is 5.41. The highest BCUT2D eigenvalue weighted by Gasteiger charge is 2.14. The van der Waals surface area contributed by atoms with Gasteiger partial charge in [0.05, 0.1) is 22.0 Å². The fraction of sp³-hybridized carbons (Fsp3) is 0. The number of thiazole rings is 1. The van der Waals surface area contributed by atoms with Crippen molar-refractivity contribution in [1.82, 2.24) is 15.0 Å². The third-order valence-corrected chi connectivity index (χ3v) is 5.72. The van der Waals surface area contributed by atoms with Crippen molar-refractivity contribution >= 4 is 45.2 Å². The van der Waals surface area contributed by atoms with Gasteiger partial charge in [-0.2, -0.15) is 0 Å². The summed E-state index contributed by atoms with van der Waals surface area (Å²) in [5.74, 6) is 0. The molecule has 0 radical (unpaired) electrons. The third kappa shape index (κ3) is 3.00. The molecule has 0 bridgehead atoms. The molecule has 0 aromatic carbocycles. The largest absolute Gasteiger partial charge is 0.264 e. The summed E-state index contributed by atoms with van der Waals surface area (Å²) >= 11 is 3.28. The molecule has 0 N–H and O–H groups in total. The van der Waals surface area contributed by atoms with Crippen LogP contribution in [0.1, 0.15) is 5.69 Å². The van der Waals surface area contributed by atoms with Crippen molar-refractivity contribution in [2.24, 2.45) is 4.99 Å². The van der Waals surface area contributed by atoms with Gasteiger partial charge in [0.2, 0.25) is 0 Å². The summed E-state index contributed by atoms with van der Waals surface area (Å²) in [4.78, 5) is 18.7. The van der Waals surface area contributed by atoms with Gasteiger partial charge < -0.3 is 0 Å². The van der Waals surface area contributed by atoms with Crippen molar-refractivity contribution in [1.29, 1.82) is 0 Å². The molecule has 6 heteroatoms. The summed E-state index contributed by atoms with van der Waals surface area (Å²) in [6.45, 7) is 7.39. The minimum Gasteiger partial charge on any atom is -0.264 e. The Kier molecular flexibility index (Phi) is 4.51. The van der Waals surface area contributed by atoms with E-state index in [1.165, 1.54) is 0 Å². The number of hydrogen-bond donors (Lipinski definition) is 0. The number of pyridine rings is 2.